The minimum absolute atomic E-state index is 0.00767. The summed E-state index contributed by atoms with van der Waals surface area (Å²) in [7, 11) is -3.76. The molecule has 1 saturated heterocycles. The third kappa shape index (κ3) is 4.33. The maximum Gasteiger partial charge on any atom is 0.264 e. The van der Waals surface area contributed by atoms with E-state index < -0.39 is 10.0 Å². The van der Waals surface area contributed by atoms with Crippen LogP contribution in [0, 0.1) is 6.92 Å². The first-order valence-corrected chi connectivity index (χ1v) is 11.1. The van der Waals surface area contributed by atoms with Crippen molar-refractivity contribution in [3.8, 4) is 0 Å². The van der Waals surface area contributed by atoms with Crippen LogP contribution >= 0.6 is 0 Å². The van der Waals surface area contributed by atoms with Crippen molar-refractivity contribution in [3.63, 3.8) is 0 Å². The molecule has 0 bridgehead atoms. The van der Waals surface area contributed by atoms with Gasteiger partial charge < -0.3 is 0 Å². The van der Waals surface area contributed by atoms with Gasteiger partial charge in [0.2, 0.25) is 0 Å². The highest BCUT2D eigenvalue weighted by Crippen LogP contribution is 2.28. The highest BCUT2D eigenvalue weighted by molar-refractivity contribution is 7.89. The topological polar surface area (TPSA) is 85.2 Å². The third-order valence-corrected chi connectivity index (χ3v) is 6.82. The summed E-state index contributed by atoms with van der Waals surface area (Å²) in [4.78, 5) is 12.3. The average molecular weight is 423 g/mol. The molecule has 0 spiro atoms. The number of hydrogen-bond acceptors (Lipinski definition) is 5. The maximum absolute atomic E-state index is 13.2. The molecule has 2 heterocycles. The number of piperidine rings is 1. The Hall–Kier alpha value is -3.26. The highest BCUT2D eigenvalue weighted by atomic mass is 32.2. The molecule has 4 rings (SSSR count). The van der Waals surface area contributed by atoms with Gasteiger partial charge >= 0.3 is 0 Å². The summed E-state index contributed by atoms with van der Waals surface area (Å²) >= 11 is 0. The number of aryl methyl sites for hydroxylation is 1. The van der Waals surface area contributed by atoms with Crippen LogP contribution in [-0.4, -0.2) is 40.0 Å². The lowest BCUT2D eigenvalue weighted by Crippen LogP contribution is -2.37. The number of rotatable bonds is 5. The quantitative estimate of drug-likeness (QED) is 0.631. The largest absolute Gasteiger partial charge is 0.299 e. The minimum Gasteiger partial charge on any atom is -0.299 e. The van der Waals surface area contributed by atoms with E-state index in [9.17, 15) is 13.2 Å². The number of Topliss-reactive ketones (excluding diaryl/α,β-unsaturated/α-hetero) is 1. The number of benzene rings is 2. The van der Waals surface area contributed by atoms with E-state index in [1.165, 1.54) is 4.31 Å². The van der Waals surface area contributed by atoms with E-state index in [1.807, 2.05) is 37.3 Å². The fraction of sp³-hybridized carbons (Fsp3) is 0.227. The van der Waals surface area contributed by atoms with Crippen molar-refractivity contribution in [3.05, 3.63) is 83.3 Å². The molecule has 1 aliphatic heterocycles. The van der Waals surface area contributed by atoms with Crippen molar-refractivity contribution in [2.24, 2.45) is 0 Å². The summed E-state index contributed by atoms with van der Waals surface area (Å²) < 4.78 is 29.4. The monoisotopic (exact) mass is 422 g/mol. The summed E-state index contributed by atoms with van der Waals surface area (Å²) in [6.45, 7) is 2.58. The molecule has 0 unspecified atom stereocenters. The van der Waals surface area contributed by atoms with Gasteiger partial charge in [0.15, 0.2) is 0 Å². The Morgan fingerprint density at radius 1 is 1.07 bits per heavy atom. The van der Waals surface area contributed by atoms with Gasteiger partial charge in [-0.3, -0.25) is 9.10 Å². The standard InChI is InChI=1S/C22H22N4O3S/c1-17-7-9-22(10-8-17)30(28,29)26-12-11-21(27)14-20(26)13-19-16-25(24-23-19)15-18-5-3-2-4-6-18/h2-10,13,16H,11-12,14-15H2,1H3. The fourth-order valence-electron chi connectivity index (χ4n) is 3.38. The van der Waals surface area contributed by atoms with Crippen LogP contribution < -0.4 is 0 Å². The van der Waals surface area contributed by atoms with Crippen molar-refractivity contribution in [1.82, 2.24) is 19.3 Å². The average Bonchev–Trinajstić information content (AvgIpc) is 3.15. The second-order valence-corrected chi connectivity index (χ2v) is 9.18. The molecule has 0 radical (unpaired) electrons. The Bertz CT molecular complexity index is 1180. The molecule has 3 aromatic rings. The number of hydrogen-bond donors (Lipinski definition) is 0. The molecule has 7 nitrogen and oxygen atoms in total. The Morgan fingerprint density at radius 2 is 1.80 bits per heavy atom. The van der Waals surface area contributed by atoms with E-state index in [2.05, 4.69) is 10.3 Å². The number of carbonyl (C=O) groups is 1. The molecule has 30 heavy (non-hydrogen) atoms. The van der Waals surface area contributed by atoms with Crippen LogP contribution in [0.2, 0.25) is 0 Å². The van der Waals surface area contributed by atoms with Gasteiger partial charge in [-0.1, -0.05) is 53.2 Å². The van der Waals surface area contributed by atoms with E-state index in [0.29, 0.717) is 17.9 Å². The first-order chi connectivity index (χ1) is 14.4. The van der Waals surface area contributed by atoms with Gasteiger partial charge in [0.1, 0.15) is 11.5 Å². The summed E-state index contributed by atoms with van der Waals surface area (Å²) in [5.74, 6) is 0.00767. The molecule has 1 fully saturated rings. The van der Waals surface area contributed by atoms with Gasteiger partial charge in [-0.15, -0.1) is 5.10 Å². The van der Waals surface area contributed by atoms with E-state index in [1.54, 1.807) is 41.2 Å². The van der Waals surface area contributed by atoms with Crippen molar-refractivity contribution in [1.29, 1.82) is 0 Å². The smallest absolute Gasteiger partial charge is 0.264 e. The molecule has 0 amide bonds. The van der Waals surface area contributed by atoms with Gasteiger partial charge in [0.05, 0.1) is 17.6 Å². The SMILES string of the molecule is Cc1ccc(S(=O)(=O)N2CCC(=O)CC2=Cc2cn(Cc3ccccc3)nn2)cc1. The Balaban J connectivity index is 1.62. The van der Waals surface area contributed by atoms with Gasteiger partial charge in [0, 0.05) is 25.1 Å². The Morgan fingerprint density at radius 3 is 2.53 bits per heavy atom. The first-order valence-electron chi connectivity index (χ1n) is 9.67. The zero-order chi connectivity index (χ0) is 21.1. The number of nitrogens with zero attached hydrogens (tertiary/aromatic N) is 4. The van der Waals surface area contributed by atoms with Crippen molar-refractivity contribution >= 4 is 21.9 Å². The van der Waals surface area contributed by atoms with Crippen LogP contribution in [0.1, 0.15) is 29.7 Å². The summed E-state index contributed by atoms with van der Waals surface area (Å²) in [5.41, 5.74) is 2.99. The second kappa shape index (κ2) is 8.23. The third-order valence-electron chi connectivity index (χ3n) is 4.96. The number of sulfonamides is 1. The summed E-state index contributed by atoms with van der Waals surface area (Å²) in [5, 5.41) is 8.26. The van der Waals surface area contributed by atoms with Crippen LogP contribution in [0.15, 0.2) is 71.4 Å². The lowest BCUT2D eigenvalue weighted by Gasteiger charge is -2.30. The van der Waals surface area contributed by atoms with Crippen LogP contribution in [0.25, 0.3) is 6.08 Å². The number of ketones is 1. The summed E-state index contributed by atoms with van der Waals surface area (Å²) in [6, 6.07) is 16.6. The van der Waals surface area contributed by atoms with E-state index in [-0.39, 0.29) is 30.1 Å². The molecule has 1 aromatic heterocycles. The van der Waals surface area contributed by atoms with Crippen LogP contribution in [-0.2, 0) is 21.4 Å². The molecule has 154 valence electrons. The molecule has 0 aliphatic carbocycles. The molecule has 1 aliphatic rings. The number of carbonyl (C=O) groups excluding carboxylic acids is 1. The molecular weight excluding hydrogens is 400 g/mol. The van der Waals surface area contributed by atoms with Gasteiger partial charge in [0.25, 0.3) is 10.0 Å². The van der Waals surface area contributed by atoms with Crippen LogP contribution in [0.4, 0.5) is 0 Å². The summed E-state index contributed by atoms with van der Waals surface area (Å²) in [6.07, 6.45) is 3.63. The van der Waals surface area contributed by atoms with E-state index >= 15 is 0 Å². The first kappa shape index (κ1) is 20.0. The van der Waals surface area contributed by atoms with Gasteiger partial charge in [-0.05, 0) is 30.7 Å². The lowest BCUT2D eigenvalue weighted by molar-refractivity contribution is -0.119. The molecule has 0 atom stereocenters. The normalized spacial score (nSPS) is 16.2. The highest BCUT2D eigenvalue weighted by Gasteiger charge is 2.31. The molecule has 0 saturated carbocycles. The van der Waals surface area contributed by atoms with Crippen LogP contribution in [0.3, 0.4) is 0 Å². The zero-order valence-corrected chi connectivity index (χ0v) is 17.4. The minimum atomic E-state index is -3.76. The Labute approximate surface area is 175 Å². The van der Waals surface area contributed by atoms with Crippen molar-refractivity contribution < 1.29 is 13.2 Å². The number of allylic oxidation sites excluding steroid dienone is 1. The molecule has 0 N–H and O–H groups in total. The van der Waals surface area contributed by atoms with Crippen molar-refractivity contribution in [2.45, 2.75) is 31.2 Å². The van der Waals surface area contributed by atoms with E-state index in [4.69, 9.17) is 0 Å². The lowest BCUT2D eigenvalue weighted by atomic mass is 10.1. The van der Waals surface area contributed by atoms with E-state index in [0.717, 1.165) is 11.1 Å². The van der Waals surface area contributed by atoms with Crippen LogP contribution in [0.5, 0.6) is 0 Å². The molecule has 2 aromatic carbocycles. The molecular formula is C22H22N4O3S. The number of aromatic nitrogens is 3. The second-order valence-electron chi connectivity index (χ2n) is 7.32. The Kier molecular flexibility index (Phi) is 5.50. The maximum atomic E-state index is 13.2. The van der Waals surface area contributed by atoms with Gasteiger partial charge in [-0.2, -0.15) is 0 Å². The zero-order valence-electron chi connectivity index (χ0n) is 16.6. The molecule has 8 heteroatoms. The predicted octanol–water partition coefficient (Wildman–Crippen LogP) is 3.03. The van der Waals surface area contributed by atoms with Gasteiger partial charge in [-0.25, -0.2) is 13.1 Å². The predicted molar refractivity (Wildman–Crippen MR) is 113 cm³/mol. The fourth-order valence-corrected chi connectivity index (χ4v) is 4.87. The van der Waals surface area contributed by atoms with Crippen molar-refractivity contribution in [2.75, 3.05) is 6.54 Å².